The Balaban J connectivity index is 1.39. The van der Waals surface area contributed by atoms with Gasteiger partial charge in [-0.25, -0.2) is 9.78 Å². The molecule has 0 saturated carbocycles. The van der Waals surface area contributed by atoms with Crippen LogP contribution in [0.25, 0.3) is 0 Å². The molecule has 28 heavy (non-hydrogen) atoms. The SMILES string of the molecule is CN(C(=O)NCc1ccccc1)c1nc2c(s1)CN(Cc1ccccc1)C2=O. The van der Waals surface area contributed by atoms with E-state index < -0.39 is 0 Å². The molecule has 1 aromatic heterocycles. The van der Waals surface area contributed by atoms with Crippen LogP contribution in [0.2, 0.25) is 0 Å². The van der Waals surface area contributed by atoms with Crippen LogP contribution >= 0.6 is 11.3 Å². The van der Waals surface area contributed by atoms with Crippen molar-refractivity contribution in [2.45, 2.75) is 19.6 Å². The maximum atomic E-state index is 12.7. The topological polar surface area (TPSA) is 65.5 Å². The summed E-state index contributed by atoms with van der Waals surface area (Å²) >= 11 is 1.39. The Bertz CT molecular complexity index is 988. The highest BCUT2D eigenvalue weighted by atomic mass is 32.1. The first kappa shape index (κ1) is 18.2. The number of urea groups is 1. The Morgan fingerprint density at radius 3 is 2.39 bits per heavy atom. The van der Waals surface area contributed by atoms with E-state index in [9.17, 15) is 9.59 Å². The Morgan fingerprint density at radius 2 is 1.75 bits per heavy atom. The predicted molar refractivity (Wildman–Crippen MR) is 109 cm³/mol. The molecule has 1 aliphatic rings. The van der Waals surface area contributed by atoms with Crippen LogP contribution in [0.5, 0.6) is 0 Å². The molecule has 6 nitrogen and oxygen atoms in total. The third kappa shape index (κ3) is 3.75. The molecule has 0 fully saturated rings. The van der Waals surface area contributed by atoms with Gasteiger partial charge in [-0.2, -0.15) is 0 Å². The molecule has 3 amide bonds. The van der Waals surface area contributed by atoms with Crippen LogP contribution < -0.4 is 10.2 Å². The fraction of sp³-hybridized carbons (Fsp3) is 0.190. The normalized spacial score (nSPS) is 12.8. The van der Waals surface area contributed by atoms with E-state index in [-0.39, 0.29) is 11.9 Å². The molecule has 0 saturated heterocycles. The number of hydrogen-bond donors (Lipinski definition) is 1. The van der Waals surface area contributed by atoms with Crippen LogP contribution in [-0.2, 0) is 19.6 Å². The lowest BCUT2D eigenvalue weighted by atomic mass is 10.2. The van der Waals surface area contributed by atoms with Gasteiger partial charge in [-0.05, 0) is 11.1 Å². The number of thiazole rings is 1. The fourth-order valence-corrected chi connectivity index (χ4v) is 4.09. The van der Waals surface area contributed by atoms with Crippen LogP contribution in [0.15, 0.2) is 60.7 Å². The zero-order valence-electron chi connectivity index (χ0n) is 15.5. The first-order valence-electron chi connectivity index (χ1n) is 9.00. The summed E-state index contributed by atoms with van der Waals surface area (Å²) in [6.45, 7) is 1.53. The summed E-state index contributed by atoms with van der Waals surface area (Å²) in [5, 5.41) is 3.40. The van der Waals surface area contributed by atoms with Crippen LogP contribution in [0.1, 0.15) is 26.5 Å². The van der Waals surface area contributed by atoms with Gasteiger partial charge in [-0.1, -0.05) is 72.0 Å². The van der Waals surface area contributed by atoms with E-state index >= 15 is 0 Å². The van der Waals surface area contributed by atoms with E-state index in [1.54, 1.807) is 11.9 Å². The highest BCUT2D eigenvalue weighted by Gasteiger charge is 2.33. The number of hydrogen-bond acceptors (Lipinski definition) is 4. The number of carbonyl (C=O) groups excluding carboxylic acids is 2. The minimum absolute atomic E-state index is 0.0838. The Morgan fingerprint density at radius 1 is 1.11 bits per heavy atom. The number of nitrogens with one attached hydrogen (secondary N) is 1. The molecule has 0 atom stereocenters. The summed E-state index contributed by atoms with van der Waals surface area (Å²) in [6.07, 6.45) is 0. The second-order valence-electron chi connectivity index (χ2n) is 6.62. The van der Waals surface area contributed by atoms with Crippen molar-refractivity contribution in [3.63, 3.8) is 0 Å². The molecule has 0 radical (unpaired) electrons. The minimum atomic E-state index is -0.245. The maximum Gasteiger partial charge on any atom is 0.323 e. The van der Waals surface area contributed by atoms with Crippen LogP contribution in [0.3, 0.4) is 0 Å². The number of aromatic nitrogens is 1. The average Bonchev–Trinajstić information content (AvgIpc) is 3.27. The van der Waals surface area contributed by atoms with E-state index in [0.29, 0.717) is 30.5 Å². The second kappa shape index (κ2) is 7.82. The standard InChI is InChI=1S/C21H20N4O2S/c1-24(20(27)22-12-15-8-4-2-5-9-15)21-23-18-17(28-21)14-25(19(18)26)13-16-10-6-3-7-11-16/h2-11H,12-14H2,1H3,(H,22,27). The number of anilines is 1. The van der Waals surface area contributed by atoms with Gasteiger partial charge in [0, 0.05) is 20.1 Å². The summed E-state index contributed by atoms with van der Waals surface area (Å²) < 4.78 is 0. The average molecular weight is 392 g/mol. The van der Waals surface area contributed by atoms with Crippen LogP contribution in [-0.4, -0.2) is 28.9 Å². The van der Waals surface area contributed by atoms with Gasteiger partial charge in [0.2, 0.25) is 0 Å². The first-order valence-corrected chi connectivity index (χ1v) is 9.82. The molecule has 3 aromatic rings. The fourth-order valence-electron chi connectivity index (χ4n) is 3.06. The van der Waals surface area contributed by atoms with E-state index in [0.717, 1.165) is 16.0 Å². The monoisotopic (exact) mass is 392 g/mol. The van der Waals surface area contributed by atoms with E-state index in [1.807, 2.05) is 60.7 Å². The Hall–Kier alpha value is -3.19. The summed E-state index contributed by atoms with van der Waals surface area (Å²) in [4.78, 5) is 33.7. The largest absolute Gasteiger partial charge is 0.334 e. The van der Waals surface area contributed by atoms with Crippen LogP contribution in [0, 0.1) is 0 Å². The van der Waals surface area contributed by atoms with Crippen molar-refractivity contribution in [1.29, 1.82) is 0 Å². The summed E-state index contributed by atoms with van der Waals surface area (Å²) in [5.74, 6) is -0.0838. The van der Waals surface area contributed by atoms with E-state index in [1.165, 1.54) is 16.2 Å². The van der Waals surface area contributed by atoms with E-state index in [2.05, 4.69) is 10.3 Å². The molecule has 1 aliphatic heterocycles. The molecular weight excluding hydrogens is 372 g/mol. The number of amides is 3. The van der Waals surface area contributed by atoms with Crippen molar-refractivity contribution in [3.8, 4) is 0 Å². The number of nitrogens with zero attached hydrogens (tertiary/aromatic N) is 3. The highest BCUT2D eigenvalue weighted by Crippen LogP contribution is 2.33. The molecule has 0 aliphatic carbocycles. The van der Waals surface area contributed by atoms with Crippen molar-refractivity contribution in [1.82, 2.24) is 15.2 Å². The zero-order chi connectivity index (χ0) is 19.5. The van der Waals surface area contributed by atoms with Crippen molar-refractivity contribution < 1.29 is 9.59 Å². The van der Waals surface area contributed by atoms with Crippen molar-refractivity contribution in [2.75, 3.05) is 11.9 Å². The van der Waals surface area contributed by atoms with Gasteiger partial charge in [0.1, 0.15) is 5.69 Å². The molecule has 7 heteroatoms. The molecule has 1 N–H and O–H groups in total. The number of benzene rings is 2. The van der Waals surface area contributed by atoms with E-state index in [4.69, 9.17) is 0 Å². The third-order valence-electron chi connectivity index (χ3n) is 4.60. The predicted octanol–water partition coefficient (Wildman–Crippen LogP) is 3.65. The highest BCUT2D eigenvalue weighted by molar-refractivity contribution is 7.16. The molecule has 142 valence electrons. The lowest BCUT2D eigenvalue weighted by Gasteiger charge is -2.17. The second-order valence-corrected chi connectivity index (χ2v) is 7.68. The van der Waals surface area contributed by atoms with Gasteiger partial charge in [-0.3, -0.25) is 9.69 Å². The Labute approximate surface area is 167 Å². The molecule has 4 rings (SSSR count). The molecule has 0 unspecified atom stereocenters. The van der Waals surface area contributed by atoms with Crippen molar-refractivity contribution >= 4 is 28.4 Å². The summed E-state index contributed by atoms with van der Waals surface area (Å²) in [7, 11) is 1.67. The Kier molecular flexibility index (Phi) is 5.08. The van der Waals surface area contributed by atoms with Gasteiger partial charge >= 0.3 is 6.03 Å². The van der Waals surface area contributed by atoms with Gasteiger partial charge in [0.15, 0.2) is 5.13 Å². The molecule has 0 spiro atoms. The molecule has 2 heterocycles. The lowest BCUT2D eigenvalue weighted by Crippen LogP contribution is -2.37. The molecular formula is C21H20N4O2S. The summed E-state index contributed by atoms with van der Waals surface area (Å²) in [5.41, 5.74) is 2.57. The van der Waals surface area contributed by atoms with Crippen molar-refractivity contribution in [2.24, 2.45) is 0 Å². The number of rotatable bonds is 5. The van der Waals surface area contributed by atoms with Crippen LogP contribution in [0.4, 0.5) is 9.93 Å². The lowest BCUT2D eigenvalue weighted by molar-refractivity contribution is 0.0762. The van der Waals surface area contributed by atoms with Gasteiger partial charge < -0.3 is 10.2 Å². The maximum absolute atomic E-state index is 12.7. The van der Waals surface area contributed by atoms with Crippen molar-refractivity contribution in [3.05, 3.63) is 82.4 Å². The number of carbonyl (C=O) groups is 2. The smallest absolute Gasteiger partial charge is 0.323 e. The molecule has 0 bridgehead atoms. The van der Waals surface area contributed by atoms with Gasteiger partial charge in [-0.15, -0.1) is 0 Å². The third-order valence-corrected chi connectivity index (χ3v) is 5.72. The quantitative estimate of drug-likeness (QED) is 0.721. The first-order chi connectivity index (χ1) is 13.6. The van der Waals surface area contributed by atoms with Gasteiger partial charge in [0.05, 0.1) is 11.4 Å². The molecule has 2 aromatic carbocycles. The summed E-state index contributed by atoms with van der Waals surface area (Å²) in [6, 6.07) is 19.4. The minimum Gasteiger partial charge on any atom is -0.334 e. The number of fused-ring (bicyclic) bond motifs is 1. The van der Waals surface area contributed by atoms with Gasteiger partial charge in [0.25, 0.3) is 5.91 Å². The zero-order valence-corrected chi connectivity index (χ0v) is 16.3.